The van der Waals surface area contributed by atoms with Crippen LogP contribution >= 0.6 is 11.6 Å². The molecule has 1 N–H and O–H groups in total. The van der Waals surface area contributed by atoms with Crippen LogP contribution in [0.1, 0.15) is 38.3 Å². The molecule has 0 spiro atoms. The summed E-state index contributed by atoms with van der Waals surface area (Å²) in [6, 6.07) is 6.98. The Morgan fingerprint density at radius 2 is 2.00 bits per heavy atom. The van der Waals surface area contributed by atoms with Gasteiger partial charge < -0.3 is 10.2 Å². The third-order valence-corrected chi connectivity index (χ3v) is 3.98. The van der Waals surface area contributed by atoms with Gasteiger partial charge in [0.05, 0.1) is 6.04 Å². The van der Waals surface area contributed by atoms with E-state index in [1.807, 2.05) is 38.1 Å². The minimum absolute atomic E-state index is 0.0131. The molecule has 1 aliphatic rings. The number of carbonyl (C=O) groups is 2. The summed E-state index contributed by atoms with van der Waals surface area (Å²) in [5, 5.41) is 3.45. The predicted molar refractivity (Wildman–Crippen MR) is 78.4 cm³/mol. The lowest BCUT2D eigenvalue weighted by Gasteiger charge is -2.30. The van der Waals surface area contributed by atoms with Crippen LogP contribution in [0, 0.1) is 0 Å². The molecule has 2 amide bonds. The van der Waals surface area contributed by atoms with E-state index in [1.54, 1.807) is 4.90 Å². The summed E-state index contributed by atoms with van der Waals surface area (Å²) < 4.78 is 0. The van der Waals surface area contributed by atoms with Crippen molar-refractivity contribution in [1.29, 1.82) is 0 Å². The summed E-state index contributed by atoms with van der Waals surface area (Å²) in [7, 11) is 0. The molecule has 1 aromatic carbocycles. The highest BCUT2D eigenvalue weighted by molar-refractivity contribution is 6.30. The number of hydrogen-bond acceptors (Lipinski definition) is 2. The van der Waals surface area contributed by atoms with E-state index >= 15 is 0 Å². The maximum absolute atomic E-state index is 12.5. The van der Waals surface area contributed by atoms with Gasteiger partial charge in [0.2, 0.25) is 11.8 Å². The molecule has 4 nitrogen and oxygen atoms in total. The third-order valence-electron chi connectivity index (χ3n) is 3.72. The van der Waals surface area contributed by atoms with Crippen molar-refractivity contribution in [2.75, 3.05) is 6.54 Å². The van der Waals surface area contributed by atoms with Crippen molar-refractivity contribution in [2.24, 2.45) is 0 Å². The second kappa shape index (κ2) is 6.27. The summed E-state index contributed by atoms with van der Waals surface area (Å²) in [5.41, 5.74) is 1.02. The minimum atomic E-state index is -0.417. The SMILES string of the molecule is CCC1NC(=O)CCN(C(C)c2ccc(Cl)cc2)C1=O. The zero-order chi connectivity index (χ0) is 14.7. The van der Waals surface area contributed by atoms with Gasteiger partial charge in [-0.25, -0.2) is 0 Å². The Hall–Kier alpha value is -1.55. The van der Waals surface area contributed by atoms with E-state index in [0.717, 1.165) is 5.56 Å². The van der Waals surface area contributed by atoms with Gasteiger partial charge in [-0.3, -0.25) is 9.59 Å². The van der Waals surface area contributed by atoms with E-state index < -0.39 is 6.04 Å². The molecule has 0 aromatic heterocycles. The zero-order valence-corrected chi connectivity index (χ0v) is 12.5. The van der Waals surface area contributed by atoms with Crippen molar-refractivity contribution in [3.8, 4) is 0 Å². The molecule has 1 fully saturated rings. The number of benzene rings is 1. The lowest BCUT2D eigenvalue weighted by molar-refractivity contribution is -0.135. The van der Waals surface area contributed by atoms with Crippen molar-refractivity contribution >= 4 is 23.4 Å². The Labute approximate surface area is 124 Å². The molecule has 0 radical (unpaired) electrons. The maximum Gasteiger partial charge on any atom is 0.245 e. The summed E-state index contributed by atoms with van der Waals surface area (Å²) in [4.78, 5) is 25.9. The smallest absolute Gasteiger partial charge is 0.245 e. The van der Waals surface area contributed by atoms with E-state index in [1.165, 1.54) is 0 Å². The fourth-order valence-electron chi connectivity index (χ4n) is 2.44. The van der Waals surface area contributed by atoms with E-state index in [0.29, 0.717) is 24.4 Å². The summed E-state index contributed by atoms with van der Waals surface area (Å²) in [6.45, 7) is 4.33. The normalized spacial score (nSPS) is 21.4. The van der Waals surface area contributed by atoms with E-state index in [2.05, 4.69) is 5.32 Å². The van der Waals surface area contributed by atoms with Gasteiger partial charge in [0.1, 0.15) is 6.04 Å². The largest absolute Gasteiger partial charge is 0.344 e. The molecule has 2 rings (SSSR count). The Balaban J connectivity index is 2.22. The van der Waals surface area contributed by atoms with Crippen LogP contribution < -0.4 is 5.32 Å². The number of nitrogens with one attached hydrogen (secondary N) is 1. The Bertz CT molecular complexity index is 501. The first-order valence-electron chi connectivity index (χ1n) is 6.88. The number of nitrogens with zero attached hydrogens (tertiary/aromatic N) is 1. The van der Waals surface area contributed by atoms with Crippen LogP contribution in [0.15, 0.2) is 24.3 Å². The van der Waals surface area contributed by atoms with Crippen molar-refractivity contribution in [3.05, 3.63) is 34.9 Å². The summed E-state index contributed by atoms with van der Waals surface area (Å²) >= 11 is 5.89. The molecule has 0 saturated carbocycles. The minimum Gasteiger partial charge on any atom is -0.344 e. The topological polar surface area (TPSA) is 49.4 Å². The van der Waals surface area contributed by atoms with Crippen LogP contribution in [-0.2, 0) is 9.59 Å². The van der Waals surface area contributed by atoms with Crippen molar-refractivity contribution in [3.63, 3.8) is 0 Å². The van der Waals surface area contributed by atoms with Gasteiger partial charge in [-0.1, -0.05) is 30.7 Å². The molecule has 1 saturated heterocycles. The van der Waals surface area contributed by atoms with Gasteiger partial charge in [0.15, 0.2) is 0 Å². The lowest BCUT2D eigenvalue weighted by atomic mass is 10.1. The highest BCUT2D eigenvalue weighted by Crippen LogP contribution is 2.24. The van der Waals surface area contributed by atoms with Crippen molar-refractivity contribution in [1.82, 2.24) is 10.2 Å². The molecule has 1 aliphatic heterocycles. The van der Waals surface area contributed by atoms with Gasteiger partial charge in [0.25, 0.3) is 0 Å². The highest BCUT2D eigenvalue weighted by atomic mass is 35.5. The highest BCUT2D eigenvalue weighted by Gasteiger charge is 2.31. The quantitative estimate of drug-likeness (QED) is 0.931. The summed E-state index contributed by atoms with van der Waals surface area (Å²) in [5.74, 6) is -0.0724. The number of carbonyl (C=O) groups excluding carboxylic acids is 2. The molecule has 0 bridgehead atoms. The molecule has 2 unspecified atom stereocenters. The Kier molecular flexibility index (Phi) is 4.65. The number of hydrogen-bond donors (Lipinski definition) is 1. The molecular formula is C15H19ClN2O2. The van der Waals surface area contributed by atoms with Gasteiger partial charge in [0, 0.05) is 18.0 Å². The van der Waals surface area contributed by atoms with Crippen LogP contribution in [0.25, 0.3) is 0 Å². The molecule has 1 heterocycles. The van der Waals surface area contributed by atoms with E-state index in [9.17, 15) is 9.59 Å². The summed E-state index contributed by atoms with van der Waals surface area (Å²) in [6.07, 6.45) is 0.953. The van der Waals surface area contributed by atoms with Gasteiger partial charge in [-0.15, -0.1) is 0 Å². The van der Waals surface area contributed by atoms with Crippen LogP contribution in [0.2, 0.25) is 5.02 Å². The second-order valence-corrected chi connectivity index (χ2v) is 5.47. The second-order valence-electron chi connectivity index (χ2n) is 5.04. The van der Waals surface area contributed by atoms with Crippen LogP contribution in [-0.4, -0.2) is 29.3 Å². The average Bonchev–Trinajstić information content (AvgIpc) is 2.58. The van der Waals surface area contributed by atoms with Crippen molar-refractivity contribution in [2.45, 2.75) is 38.8 Å². The molecule has 2 atom stereocenters. The van der Waals surface area contributed by atoms with E-state index in [-0.39, 0.29) is 17.9 Å². The van der Waals surface area contributed by atoms with Crippen LogP contribution in [0.3, 0.4) is 0 Å². The van der Waals surface area contributed by atoms with Crippen LogP contribution in [0.5, 0.6) is 0 Å². The Morgan fingerprint density at radius 3 is 2.60 bits per heavy atom. The molecular weight excluding hydrogens is 276 g/mol. The molecule has 108 valence electrons. The molecule has 5 heteroatoms. The first-order valence-corrected chi connectivity index (χ1v) is 7.26. The average molecular weight is 295 g/mol. The lowest BCUT2D eigenvalue weighted by Crippen LogP contribution is -2.45. The number of rotatable bonds is 3. The van der Waals surface area contributed by atoms with Crippen molar-refractivity contribution < 1.29 is 9.59 Å². The maximum atomic E-state index is 12.5. The van der Waals surface area contributed by atoms with Gasteiger partial charge in [-0.2, -0.15) is 0 Å². The number of amides is 2. The standard InChI is InChI=1S/C15H19ClN2O2/c1-3-13-15(20)18(9-8-14(19)17-13)10(2)11-4-6-12(16)7-5-11/h4-7,10,13H,3,8-9H2,1-2H3,(H,17,19). The predicted octanol–water partition coefficient (Wildman–Crippen LogP) is 2.53. The number of halogens is 1. The fourth-order valence-corrected chi connectivity index (χ4v) is 2.57. The van der Waals surface area contributed by atoms with Crippen LogP contribution in [0.4, 0.5) is 0 Å². The first kappa shape index (κ1) is 14.9. The molecule has 0 aliphatic carbocycles. The fraction of sp³-hybridized carbons (Fsp3) is 0.467. The van der Waals surface area contributed by atoms with Gasteiger partial charge >= 0.3 is 0 Å². The molecule has 20 heavy (non-hydrogen) atoms. The van der Waals surface area contributed by atoms with E-state index in [4.69, 9.17) is 11.6 Å². The molecule has 1 aromatic rings. The third kappa shape index (κ3) is 3.12. The Morgan fingerprint density at radius 1 is 1.35 bits per heavy atom. The zero-order valence-electron chi connectivity index (χ0n) is 11.7. The monoisotopic (exact) mass is 294 g/mol. The first-order chi connectivity index (χ1) is 9.52. The van der Waals surface area contributed by atoms with Gasteiger partial charge in [-0.05, 0) is 31.0 Å².